The molecule has 1 aliphatic carbocycles. The summed E-state index contributed by atoms with van der Waals surface area (Å²) in [7, 11) is 1.95. The van der Waals surface area contributed by atoms with Crippen LogP contribution in [0.25, 0.3) is 0 Å². The molecule has 0 radical (unpaired) electrons. The predicted molar refractivity (Wildman–Crippen MR) is 110 cm³/mol. The first kappa shape index (κ1) is 19.1. The van der Waals surface area contributed by atoms with E-state index in [0.29, 0.717) is 18.9 Å². The van der Waals surface area contributed by atoms with Crippen molar-refractivity contribution in [1.29, 1.82) is 0 Å². The predicted octanol–water partition coefficient (Wildman–Crippen LogP) is 3.85. The number of likely N-dealkylation sites (N-methyl/N-ethyl adjacent to an activating group) is 1. The van der Waals surface area contributed by atoms with Crippen LogP contribution in [-0.4, -0.2) is 47.9 Å². The van der Waals surface area contributed by atoms with Crippen molar-refractivity contribution in [3.63, 3.8) is 0 Å². The Balaban J connectivity index is 1.31. The van der Waals surface area contributed by atoms with Crippen molar-refractivity contribution in [3.05, 3.63) is 71.0 Å². The van der Waals surface area contributed by atoms with E-state index >= 15 is 0 Å². The molecule has 4 heteroatoms. The number of nitrogens with zero attached hydrogens (tertiary/aromatic N) is 2. The van der Waals surface area contributed by atoms with Crippen LogP contribution in [0.3, 0.4) is 0 Å². The van der Waals surface area contributed by atoms with Crippen molar-refractivity contribution in [2.45, 2.75) is 50.6 Å². The summed E-state index contributed by atoms with van der Waals surface area (Å²) in [6.45, 7) is 2.10. The average molecular weight is 381 g/mol. The van der Waals surface area contributed by atoms with Crippen molar-refractivity contribution in [3.8, 4) is 0 Å². The van der Waals surface area contributed by atoms with Gasteiger partial charge in [0.15, 0.2) is 0 Å². The fourth-order valence-electron chi connectivity index (χ4n) is 4.71. The number of rotatable bonds is 5. The first-order valence-electron chi connectivity index (χ1n) is 10.4. The van der Waals surface area contributed by atoms with Gasteiger partial charge in [0, 0.05) is 32.1 Å². The van der Waals surface area contributed by atoms with E-state index in [0.717, 1.165) is 44.3 Å². The van der Waals surface area contributed by atoms with Crippen LogP contribution in [0, 0.1) is 5.82 Å². The number of piperidine rings is 1. The Morgan fingerprint density at radius 3 is 2.46 bits per heavy atom. The molecule has 1 atom stereocenters. The van der Waals surface area contributed by atoms with Crippen LogP contribution in [0.1, 0.15) is 36.0 Å². The van der Waals surface area contributed by atoms with Gasteiger partial charge in [-0.2, -0.15) is 0 Å². The van der Waals surface area contributed by atoms with Gasteiger partial charge in [-0.1, -0.05) is 36.4 Å². The third-order valence-corrected chi connectivity index (χ3v) is 6.46. The number of likely N-dealkylation sites (tertiary alicyclic amines) is 1. The van der Waals surface area contributed by atoms with Gasteiger partial charge in [0.05, 0.1) is 0 Å². The minimum Gasteiger partial charge on any atom is -0.341 e. The van der Waals surface area contributed by atoms with Gasteiger partial charge in [0.25, 0.3) is 0 Å². The quantitative estimate of drug-likeness (QED) is 0.787. The maximum atomic E-state index is 13.0. The molecular formula is C24H29FN2O. The number of carbonyl (C=O) groups is 1. The van der Waals surface area contributed by atoms with Crippen LogP contribution in [0.2, 0.25) is 0 Å². The van der Waals surface area contributed by atoms with E-state index < -0.39 is 0 Å². The Morgan fingerprint density at radius 1 is 1.11 bits per heavy atom. The molecule has 2 aromatic carbocycles. The van der Waals surface area contributed by atoms with Crippen LogP contribution in [0.4, 0.5) is 4.39 Å². The molecule has 4 rings (SSSR count). The van der Waals surface area contributed by atoms with Crippen LogP contribution in [0.15, 0.2) is 48.5 Å². The Kier molecular flexibility index (Phi) is 5.77. The summed E-state index contributed by atoms with van der Waals surface area (Å²) < 4.78 is 13.0. The number of benzene rings is 2. The van der Waals surface area contributed by atoms with Crippen molar-refractivity contribution in [2.24, 2.45) is 0 Å². The molecule has 1 aliphatic heterocycles. The van der Waals surface area contributed by atoms with E-state index in [1.165, 1.54) is 23.3 Å². The highest BCUT2D eigenvalue weighted by Crippen LogP contribution is 2.28. The van der Waals surface area contributed by atoms with Gasteiger partial charge in [0.2, 0.25) is 5.91 Å². The topological polar surface area (TPSA) is 23.6 Å². The molecule has 1 saturated heterocycles. The molecule has 1 amide bonds. The zero-order valence-corrected chi connectivity index (χ0v) is 16.6. The first-order chi connectivity index (χ1) is 13.6. The third-order valence-electron chi connectivity index (χ3n) is 6.46. The number of carbonyl (C=O) groups excluding carboxylic acids is 1. The molecule has 3 nitrogen and oxygen atoms in total. The molecule has 0 N–H and O–H groups in total. The minimum atomic E-state index is -0.233. The van der Waals surface area contributed by atoms with Crippen molar-refractivity contribution < 1.29 is 9.18 Å². The maximum absolute atomic E-state index is 13.0. The zero-order valence-electron chi connectivity index (χ0n) is 16.6. The summed E-state index contributed by atoms with van der Waals surface area (Å²) in [6, 6.07) is 16.1. The van der Waals surface area contributed by atoms with Crippen molar-refractivity contribution in [2.75, 3.05) is 20.1 Å². The van der Waals surface area contributed by atoms with E-state index in [9.17, 15) is 9.18 Å². The standard InChI is InChI=1S/C24H29FN2O/c1-26(24(28)13-10-18-8-11-21(25)12-9-18)22-7-4-14-27(17-22)23-15-19-5-2-3-6-20(19)16-23/h2-3,5-6,8-9,11-12,22-23H,4,7,10,13-17H2,1H3/t22-/m1/s1. The van der Waals surface area contributed by atoms with Gasteiger partial charge in [-0.3, -0.25) is 9.69 Å². The molecule has 0 spiro atoms. The second-order valence-electron chi connectivity index (χ2n) is 8.25. The Hall–Kier alpha value is -2.20. The zero-order chi connectivity index (χ0) is 19.5. The second kappa shape index (κ2) is 8.44. The summed E-state index contributed by atoms with van der Waals surface area (Å²) in [5.41, 5.74) is 3.98. The molecule has 148 valence electrons. The van der Waals surface area contributed by atoms with Gasteiger partial charge >= 0.3 is 0 Å². The Labute approximate surface area is 167 Å². The first-order valence-corrected chi connectivity index (χ1v) is 10.4. The van der Waals surface area contributed by atoms with Crippen LogP contribution < -0.4 is 0 Å². The number of amides is 1. The summed E-state index contributed by atoms with van der Waals surface area (Å²) in [6.07, 6.45) is 5.63. The monoisotopic (exact) mass is 380 g/mol. The summed E-state index contributed by atoms with van der Waals surface area (Å²) >= 11 is 0. The average Bonchev–Trinajstić information content (AvgIpc) is 3.17. The van der Waals surface area contributed by atoms with E-state index in [-0.39, 0.29) is 17.8 Å². The van der Waals surface area contributed by atoms with Gasteiger partial charge in [0.1, 0.15) is 5.82 Å². The summed E-state index contributed by atoms with van der Waals surface area (Å²) in [4.78, 5) is 17.3. The van der Waals surface area contributed by atoms with E-state index in [4.69, 9.17) is 0 Å². The molecule has 2 aliphatic rings. The van der Waals surface area contributed by atoms with Gasteiger partial charge < -0.3 is 4.90 Å². The van der Waals surface area contributed by atoms with Gasteiger partial charge in [-0.25, -0.2) is 4.39 Å². The largest absolute Gasteiger partial charge is 0.341 e. The molecule has 0 saturated carbocycles. The number of hydrogen-bond donors (Lipinski definition) is 0. The van der Waals surface area contributed by atoms with Crippen molar-refractivity contribution >= 4 is 5.91 Å². The molecule has 0 unspecified atom stereocenters. The third kappa shape index (κ3) is 4.27. The minimum absolute atomic E-state index is 0.186. The molecule has 0 bridgehead atoms. The SMILES string of the molecule is CN(C(=O)CCc1ccc(F)cc1)[C@@H]1CCCN(C2Cc3ccccc3C2)C1. The molecule has 28 heavy (non-hydrogen) atoms. The fourth-order valence-corrected chi connectivity index (χ4v) is 4.71. The highest BCUT2D eigenvalue weighted by atomic mass is 19.1. The fraction of sp³-hybridized carbons (Fsp3) is 0.458. The maximum Gasteiger partial charge on any atom is 0.222 e. The normalized spacial score (nSPS) is 20.1. The lowest BCUT2D eigenvalue weighted by Crippen LogP contribution is -2.51. The van der Waals surface area contributed by atoms with Gasteiger partial charge in [-0.05, 0) is 67.5 Å². The molecular weight excluding hydrogens is 351 g/mol. The second-order valence-corrected chi connectivity index (χ2v) is 8.25. The van der Waals surface area contributed by atoms with Crippen LogP contribution >= 0.6 is 0 Å². The lowest BCUT2D eigenvalue weighted by atomic mass is 10.0. The smallest absolute Gasteiger partial charge is 0.222 e. The van der Waals surface area contributed by atoms with Crippen LogP contribution in [-0.2, 0) is 24.1 Å². The molecule has 0 aromatic heterocycles. The summed E-state index contributed by atoms with van der Waals surface area (Å²) in [5, 5.41) is 0. The molecule has 1 fully saturated rings. The highest BCUT2D eigenvalue weighted by molar-refractivity contribution is 5.76. The number of hydrogen-bond acceptors (Lipinski definition) is 2. The Morgan fingerprint density at radius 2 is 1.79 bits per heavy atom. The van der Waals surface area contributed by atoms with Gasteiger partial charge in [-0.15, -0.1) is 0 Å². The van der Waals surface area contributed by atoms with Crippen LogP contribution in [0.5, 0.6) is 0 Å². The lowest BCUT2D eigenvalue weighted by Gasteiger charge is -2.40. The number of halogens is 1. The Bertz CT molecular complexity index is 795. The number of aryl methyl sites for hydroxylation is 1. The molecule has 1 heterocycles. The van der Waals surface area contributed by atoms with E-state index in [1.54, 1.807) is 12.1 Å². The highest BCUT2D eigenvalue weighted by Gasteiger charge is 2.32. The number of fused-ring (bicyclic) bond motifs is 1. The van der Waals surface area contributed by atoms with E-state index in [2.05, 4.69) is 29.2 Å². The summed E-state index contributed by atoms with van der Waals surface area (Å²) in [5.74, 6) is -0.0468. The molecule has 2 aromatic rings. The van der Waals surface area contributed by atoms with Crippen molar-refractivity contribution in [1.82, 2.24) is 9.80 Å². The lowest BCUT2D eigenvalue weighted by molar-refractivity contribution is -0.133. The van der Waals surface area contributed by atoms with E-state index in [1.807, 2.05) is 11.9 Å².